The fourth-order valence-corrected chi connectivity index (χ4v) is 5.75. The molecule has 1 saturated heterocycles. The van der Waals surface area contributed by atoms with Crippen molar-refractivity contribution in [2.24, 2.45) is 0 Å². The molecule has 0 N–H and O–H groups in total. The van der Waals surface area contributed by atoms with Gasteiger partial charge >= 0.3 is 0 Å². The molecular formula is C26H28Cl2N2O3S. The lowest BCUT2D eigenvalue weighted by Gasteiger charge is -2.36. The van der Waals surface area contributed by atoms with E-state index in [1.807, 2.05) is 30.3 Å². The Morgan fingerprint density at radius 1 is 0.882 bits per heavy atom. The summed E-state index contributed by atoms with van der Waals surface area (Å²) in [6, 6.07) is 22.3. The number of ether oxygens (including phenoxy) is 1. The van der Waals surface area contributed by atoms with Crippen LogP contribution in [-0.4, -0.2) is 50.3 Å². The average molecular weight is 519 g/mol. The summed E-state index contributed by atoms with van der Waals surface area (Å²) < 4.78 is 33.9. The van der Waals surface area contributed by atoms with Crippen molar-refractivity contribution in [2.75, 3.05) is 32.7 Å². The third-order valence-electron chi connectivity index (χ3n) is 5.98. The van der Waals surface area contributed by atoms with Crippen molar-refractivity contribution in [3.8, 4) is 0 Å². The summed E-state index contributed by atoms with van der Waals surface area (Å²) in [7, 11) is -3.54. The minimum Gasteiger partial charge on any atom is -0.368 e. The van der Waals surface area contributed by atoms with Gasteiger partial charge in [-0.3, -0.25) is 4.90 Å². The highest BCUT2D eigenvalue weighted by molar-refractivity contribution is 7.89. The maximum Gasteiger partial charge on any atom is 0.243 e. The van der Waals surface area contributed by atoms with Crippen LogP contribution in [0.3, 0.4) is 0 Å². The number of halogens is 2. The van der Waals surface area contributed by atoms with Crippen LogP contribution < -0.4 is 0 Å². The molecule has 1 unspecified atom stereocenters. The number of rotatable bonds is 8. The van der Waals surface area contributed by atoms with E-state index >= 15 is 0 Å². The van der Waals surface area contributed by atoms with Gasteiger partial charge in [0.1, 0.15) is 0 Å². The van der Waals surface area contributed by atoms with E-state index in [2.05, 4.69) is 30.0 Å². The average Bonchev–Trinajstić information content (AvgIpc) is 2.83. The fourth-order valence-electron chi connectivity index (χ4n) is 4.07. The summed E-state index contributed by atoms with van der Waals surface area (Å²) in [6.07, 6.45) is -0.155. The number of benzene rings is 3. The molecule has 3 aromatic carbocycles. The molecule has 0 aromatic heterocycles. The van der Waals surface area contributed by atoms with E-state index in [1.54, 1.807) is 24.3 Å². The number of piperazine rings is 1. The number of hydrogen-bond acceptors (Lipinski definition) is 4. The highest BCUT2D eigenvalue weighted by Crippen LogP contribution is 2.25. The summed E-state index contributed by atoms with van der Waals surface area (Å²) in [5.74, 6) is 0. The van der Waals surface area contributed by atoms with Crippen LogP contribution in [0.15, 0.2) is 77.7 Å². The van der Waals surface area contributed by atoms with E-state index in [-0.39, 0.29) is 11.0 Å². The van der Waals surface area contributed by atoms with Crippen molar-refractivity contribution in [2.45, 2.75) is 24.5 Å². The van der Waals surface area contributed by atoms with Crippen molar-refractivity contribution >= 4 is 33.2 Å². The molecule has 5 nitrogen and oxygen atoms in total. The largest absolute Gasteiger partial charge is 0.368 e. The van der Waals surface area contributed by atoms with E-state index in [0.29, 0.717) is 49.4 Å². The van der Waals surface area contributed by atoms with Crippen molar-refractivity contribution in [3.05, 3.63) is 99.5 Å². The Morgan fingerprint density at radius 3 is 2.12 bits per heavy atom. The van der Waals surface area contributed by atoms with Crippen molar-refractivity contribution in [3.63, 3.8) is 0 Å². The number of aryl methyl sites for hydroxylation is 1. The molecule has 34 heavy (non-hydrogen) atoms. The Labute approximate surface area is 211 Å². The second-order valence-electron chi connectivity index (χ2n) is 8.50. The normalized spacial score (nSPS) is 16.4. The molecule has 4 rings (SSSR count). The first-order chi connectivity index (χ1) is 16.3. The third-order valence-corrected chi connectivity index (χ3v) is 8.40. The van der Waals surface area contributed by atoms with Crippen LogP contribution in [0, 0.1) is 6.92 Å². The van der Waals surface area contributed by atoms with Gasteiger partial charge in [-0.25, -0.2) is 8.42 Å². The smallest absolute Gasteiger partial charge is 0.243 e. The maximum atomic E-state index is 13.0. The minimum absolute atomic E-state index is 0.155. The van der Waals surface area contributed by atoms with Gasteiger partial charge in [-0.15, -0.1) is 0 Å². The monoisotopic (exact) mass is 518 g/mol. The molecule has 1 aliphatic rings. The molecule has 0 radical (unpaired) electrons. The van der Waals surface area contributed by atoms with Crippen LogP contribution in [0.5, 0.6) is 0 Å². The van der Waals surface area contributed by atoms with Gasteiger partial charge in [0.15, 0.2) is 0 Å². The molecule has 0 amide bonds. The minimum atomic E-state index is -3.54. The van der Waals surface area contributed by atoms with Gasteiger partial charge in [0, 0.05) is 42.8 Å². The maximum absolute atomic E-state index is 13.0. The summed E-state index contributed by atoms with van der Waals surface area (Å²) in [4.78, 5) is 2.52. The highest BCUT2D eigenvalue weighted by atomic mass is 35.5. The molecule has 1 atom stereocenters. The summed E-state index contributed by atoms with van der Waals surface area (Å²) >= 11 is 12.0. The van der Waals surface area contributed by atoms with Gasteiger partial charge in [0.05, 0.1) is 17.6 Å². The SMILES string of the molecule is Cc1cccc(COC(CN2CCN(S(=O)(=O)c3ccc(Cl)cc3)CC2)c2ccc(Cl)cc2)c1. The molecule has 180 valence electrons. The van der Waals surface area contributed by atoms with E-state index in [9.17, 15) is 8.42 Å². The molecule has 8 heteroatoms. The lowest BCUT2D eigenvalue weighted by atomic mass is 10.1. The zero-order valence-corrected chi connectivity index (χ0v) is 21.4. The fraction of sp³-hybridized carbons (Fsp3) is 0.308. The first-order valence-electron chi connectivity index (χ1n) is 11.2. The topological polar surface area (TPSA) is 49.9 Å². The van der Waals surface area contributed by atoms with Gasteiger partial charge in [0.2, 0.25) is 10.0 Å². The van der Waals surface area contributed by atoms with Crippen molar-refractivity contribution < 1.29 is 13.2 Å². The Balaban J connectivity index is 1.41. The van der Waals surface area contributed by atoms with Crippen LogP contribution in [-0.2, 0) is 21.4 Å². The lowest BCUT2D eigenvalue weighted by Crippen LogP contribution is -2.49. The first-order valence-corrected chi connectivity index (χ1v) is 13.4. The summed E-state index contributed by atoms with van der Waals surface area (Å²) in [6.45, 7) is 5.35. The molecule has 1 heterocycles. The van der Waals surface area contributed by atoms with Gasteiger partial charge in [-0.05, 0) is 54.4 Å². The van der Waals surface area contributed by atoms with E-state index < -0.39 is 10.0 Å². The first kappa shape index (κ1) is 25.2. The Kier molecular flexibility index (Phi) is 8.30. The molecule has 0 bridgehead atoms. The van der Waals surface area contributed by atoms with Gasteiger partial charge in [-0.1, -0.05) is 65.2 Å². The molecule has 0 aliphatic carbocycles. The van der Waals surface area contributed by atoms with Crippen LogP contribution in [0.2, 0.25) is 10.0 Å². The van der Waals surface area contributed by atoms with Gasteiger partial charge in [0.25, 0.3) is 0 Å². The zero-order chi connectivity index (χ0) is 24.1. The molecule has 1 fully saturated rings. The number of hydrogen-bond donors (Lipinski definition) is 0. The van der Waals surface area contributed by atoms with Crippen LogP contribution in [0.1, 0.15) is 22.8 Å². The summed E-state index contributed by atoms with van der Waals surface area (Å²) in [5.41, 5.74) is 3.37. The zero-order valence-electron chi connectivity index (χ0n) is 19.0. The standard InChI is InChI=1S/C26H28Cl2N2O3S/c1-20-3-2-4-21(17-20)19-33-26(22-5-7-23(27)8-6-22)18-29-13-15-30(16-14-29)34(31,32)25-11-9-24(28)10-12-25/h2-12,17,26H,13-16,18-19H2,1H3. The molecule has 3 aromatic rings. The number of sulfonamides is 1. The van der Waals surface area contributed by atoms with Crippen molar-refractivity contribution in [1.82, 2.24) is 9.21 Å². The van der Waals surface area contributed by atoms with E-state index in [0.717, 1.165) is 11.1 Å². The molecule has 0 spiro atoms. The van der Waals surface area contributed by atoms with Crippen LogP contribution in [0.4, 0.5) is 0 Å². The van der Waals surface area contributed by atoms with Crippen LogP contribution >= 0.6 is 23.2 Å². The van der Waals surface area contributed by atoms with Crippen LogP contribution in [0.25, 0.3) is 0 Å². The molecular weight excluding hydrogens is 491 g/mol. The second kappa shape index (κ2) is 11.2. The third kappa shape index (κ3) is 6.39. The lowest BCUT2D eigenvalue weighted by molar-refractivity contribution is 0.00771. The Morgan fingerprint density at radius 2 is 1.50 bits per heavy atom. The quantitative estimate of drug-likeness (QED) is 0.391. The highest BCUT2D eigenvalue weighted by Gasteiger charge is 2.29. The van der Waals surface area contributed by atoms with E-state index in [4.69, 9.17) is 27.9 Å². The summed E-state index contributed by atoms with van der Waals surface area (Å²) in [5, 5.41) is 1.20. The Hall–Kier alpha value is -1.93. The second-order valence-corrected chi connectivity index (χ2v) is 11.3. The predicted molar refractivity (Wildman–Crippen MR) is 137 cm³/mol. The van der Waals surface area contributed by atoms with Gasteiger partial charge < -0.3 is 4.74 Å². The molecule has 1 aliphatic heterocycles. The number of nitrogens with zero attached hydrogens (tertiary/aromatic N) is 2. The van der Waals surface area contributed by atoms with Crippen molar-refractivity contribution in [1.29, 1.82) is 0 Å². The Bertz CT molecular complexity index is 1190. The predicted octanol–water partition coefficient (Wildman–Crippen LogP) is 5.57. The van der Waals surface area contributed by atoms with E-state index in [1.165, 1.54) is 9.87 Å². The molecule has 0 saturated carbocycles. The van der Waals surface area contributed by atoms with Gasteiger partial charge in [-0.2, -0.15) is 4.31 Å².